The summed E-state index contributed by atoms with van der Waals surface area (Å²) in [5, 5.41) is 5.86. The van der Waals surface area contributed by atoms with Gasteiger partial charge in [0.1, 0.15) is 18.1 Å². The first kappa shape index (κ1) is 21.9. The van der Waals surface area contributed by atoms with Crippen molar-refractivity contribution >= 4 is 44.9 Å². The molecule has 0 fully saturated rings. The Bertz CT molecular complexity index is 838. The maximum absolute atomic E-state index is 12.7. The van der Waals surface area contributed by atoms with E-state index >= 15 is 0 Å². The fourth-order valence-electron chi connectivity index (χ4n) is 2.18. The topological polar surface area (TPSA) is 59.6 Å². The lowest BCUT2D eigenvalue weighted by molar-refractivity contribution is 0.0973. The summed E-state index contributed by atoms with van der Waals surface area (Å²) in [6.07, 6.45) is 1.68. The molecule has 148 valence electrons. The molecule has 28 heavy (non-hydrogen) atoms. The maximum Gasteiger partial charge on any atom is 0.261 e. The average molecular weight is 463 g/mol. The third kappa shape index (κ3) is 6.98. The fourth-order valence-corrected chi connectivity index (χ4v) is 2.76. The molecule has 0 spiro atoms. The molecule has 0 aliphatic heterocycles. The van der Waals surface area contributed by atoms with Gasteiger partial charge in [-0.05, 0) is 60.6 Å². The smallest absolute Gasteiger partial charge is 0.261 e. The van der Waals surface area contributed by atoms with E-state index in [1.807, 2.05) is 44.2 Å². The van der Waals surface area contributed by atoms with Gasteiger partial charge in [-0.25, -0.2) is 0 Å². The minimum atomic E-state index is -0.344. The summed E-state index contributed by atoms with van der Waals surface area (Å²) in [7, 11) is 0. The number of carbonyl (C=O) groups is 1. The summed E-state index contributed by atoms with van der Waals surface area (Å²) < 4.78 is 12.0. The van der Waals surface area contributed by atoms with Crippen molar-refractivity contribution in [2.45, 2.75) is 13.8 Å². The molecule has 0 saturated carbocycles. The molecule has 0 atom stereocenters. The molecule has 0 saturated heterocycles. The van der Waals surface area contributed by atoms with Crippen molar-refractivity contribution in [3.63, 3.8) is 0 Å². The number of ether oxygens (including phenoxy) is 2. The summed E-state index contributed by atoms with van der Waals surface area (Å²) in [5.41, 5.74) is 1.15. The molecule has 0 aliphatic carbocycles. The first-order valence-corrected chi connectivity index (χ1v) is 9.97. The number of amides is 1. The molecule has 2 aromatic rings. The Kier molecular flexibility index (Phi) is 8.47. The number of nitrogens with one attached hydrogen (secondary N) is 2. The Morgan fingerprint density at radius 1 is 1.21 bits per heavy atom. The van der Waals surface area contributed by atoms with Crippen LogP contribution in [-0.2, 0) is 0 Å². The molecule has 0 aliphatic rings. The zero-order valence-corrected chi connectivity index (χ0v) is 18.2. The van der Waals surface area contributed by atoms with E-state index in [4.69, 9.17) is 21.7 Å². The van der Waals surface area contributed by atoms with Crippen molar-refractivity contribution in [2.75, 3.05) is 18.5 Å². The number of carbonyl (C=O) groups excluding carboxylic acids is 1. The van der Waals surface area contributed by atoms with Gasteiger partial charge < -0.3 is 14.8 Å². The summed E-state index contributed by atoms with van der Waals surface area (Å²) >= 11 is 8.64. The second-order valence-corrected chi connectivity index (χ2v) is 7.70. The van der Waals surface area contributed by atoms with Crippen LogP contribution in [-0.4, -0.2) is 24.2 Å². The summed E-state index contributed by atoms with van der Waals surface area (Å²) in [6, 6.07) is 12.5. The minimum Gasteiger partial charge on any atom is -0.492 e. The fraction of sp³-hybridized carbons (Fsp3) is 0.238. The molecule has 2 N–H and O–H groups in total. The Hall–Kier alpha value is -2.38. The number of anilines is 1. The van der Waals surface area contributed by atoms with Crippen LogP contribution in [0, 0.1) is 5.92 Å². The minimum absolute atomic E-state index is 0.194. The molecule has 0 unspecified atom stereocenters. The highest BCUT2D eigenvalue weighted by Gasteiger charge is 2.15. The van der Waals surface area contributed by atoms with Gasteiger partial charge in [0.05, 0.1) is 12.2 Å². The summed E-state index contributed by atoms with van der Waals surface area (Å²) in [4.78, 5) is 12.7. The number of rotatable bonds is 8. The van der Waals surface area contributed by atoms with Crippen LogP contribution in [0.3, 0.4) is 0 Å². The highest BCUT2D eigenvalue weighted by atomic mass is 79.9. The van der Waals surface area contributed by atoms with Crippen molar-refractivity contribution in [1.82, 2.24) is 5.32 Å². The molecule has 2 rings (SSSR count). The number of hydrogen-bond acceptors (Lipinski definition) is 4. The lowest BCUT2D eigenvalue weighted by Crippen LogP contribution is -2.34. The van der Waals surface area contributed by atoms with Crippen LogP contribution in [0.25, 0.3) is 0 Å². The molecule has 0 radical (unpaired) electrons. The Balaban J connectivity index is 2.01. The molecule has 0 heterocycles. The van der Waals surface area contributed by atoms with Crippen LogP contribution < -0.4 is 20.1 Å². The van der Waals surface area contributed by atoms with E-state index in [9.17, 15) is 4.79 Å². The second kappa shape index (κ2) is 10.8. The predicted octanol–water partition coefficient (Wildman–Crippen LogP) is 5.18. The molecular weight excluding hydrogens is 440 g/mol. The van der Waals surface area contributed by atoms with E-state index in [0.29, 0.717) is 30.4 Å². The number of halogens is 1. The standard InChI is InChI=1S/C21H23BrN2O3S/c1-4-11-26-17-8-6-16(7-9-17)23-21(28)24-20(25)18-12-15(22)5-10-19(18)27-13-14(2)3/h4-10,12,14H,1,11,13H2,2-3H3,(H2,23,24,25,28). The zero-order valence-electron chi connectivity index (χ0n) is 15.8. The van der Waals surface area contributed by atoms with E-state index in [-0.39, 0.29) is 11.0 Å². The molecule has 1 amide bonds. The van der Waals surface area contributed by atoms with Crippen molar-refractivity contribution in [2.24, 2.45) is 5.92 Å². The van der Waals surface area contributed by atoms with Crippen LogP contribution in [0.5, 0.6) is 11.5 Å². The molecular formula is C21H23BrN2O3S. The Labute approximate surface area is 179 Å². The van der Waals surface area contributed by atoms with E-state index in [1.54, 1.807) is 18.2 Å². The van der Waals surface area contributed by atoms with E-state index in [1.165, 1.54) is 0 Å². The summed E-state index contributed by atoms with van der Waals surface area (Å²) in [6.45, 7) is 8.66. The van der Waals surface area contributed by atoms with Crippen molar-refractivity contribution in [3.05, 3.63) is 65.2 Å². The van der Waals surface area contributed by atoms with Crippen molar-refractivity contribution < 1.29 is 14.3 Å². The largest absolute Gasteiger partial charge is 0.492 e. The Morgan fingerprint density at radius 3 is 2.57 bits per heavy atom. The average Bonchev–Trinajstić information content (AvgIpc) is 2.66. The third-order valence-corrected chi connectivity index (χ3v) is 4.16. The quantitative estimate of drug-likeness (QED) is 0.418. The first-order valence-electron chi connectivity index (χ1n) is 8.77. The van der Waals surface area contributed by atoms with Gasteiger partial charge >= 0.3 is 0 Å². The van der Waals surface area contributed by atoms with Crippen LogP contribution >= 0.6 is 28.1 Å². The summed E-state index contributed by atoms with van der Waals surface area (Å²) in [5.74, 6) is 1.24. The van der Waals surface area contributed by atoms with Gasteiger partial charge in [-0.3, -0.25) is 10.1 Å². The van der Waals surface area contributed by atoms with Gasteiger partial charge in [-0.1, -0.05) is 42.4 Å². The Morgan fingerprint density at radius 2 is 1.93 bits per heavy atom. The molecule has 5 nitrogen and oxygen atoms in total. The normalized spacial score (nSPS) is 10.3. The second-order valence-electron chi connectivity index (χ2n) is 6.38. The first-order chi connectivity index (χ1) is 13.4. The number of benzene rings is 2. The van der Waals surface area contributed by atoms with Gasteiger partial charge in [0.2, 0.25) is 0 Å². The van der Waals surface area contributed by atoms with E-state index in [2.05, 4.69) is 33.1 Å². The van der Waals surface area contributed by atoms with Gasteiger partial charge in [0.15, 0.2) is 5.11 Å². The van der Waals surface area contributed by atoms with Crippen LogP contribution in [0.4, 0.5) is 5.69 Å². The van der Waals surface area contributed by atoms with Gasteiger partial charge in [0.25, 0.3) is 5.91 Å². The van der Waals surface area contributed by atoms with Crippen molar-refractivity contribution in [1.29, 1.82) is 0 Å². The highest BCUT2D eigenvalue weighted by molar-refractivity contribution is 9.10. The van der Waals surface area contributed by atoms with Crippen molar-refractivity contribution in [3.8, 4) is 11.5 Å². The van der Waals surface area contributed by atoms with E-state index < -0.39 is 0 Å². The number of thiocarbonyl (C=S) groups is 1. The maximum atomic E-state index is 12.7. The number of hydrogen-bond donors (Lipinski definition) is 2. The van der Waals surface area contributed by atoms with Gasteiger partial charge in [-0.15, -0.1) is 0 Å². The van der Waals surface area contributed by atoms with Crippen LogP contribution in [0.1, 0.15) is 24.2 Å². The molecule has 0 bridgehead atoms. The molecule has 2 aromatic carbocycles. The third-order valence-electron chi connectivity index (χ3n) is 3.47. The monoisotopic (exact) mass is 462 g/mol. The zero-order chi connectivity index (χ0) is 20.5. The lowest BCUT2D eigenvalue weighted by atomic mass is 10.2. The van der Waals surface area contributed by atoms with Crippen LogP contribution in [0.2, 0.25) is 0 Å². The SMILES string of the molecule is C=CCOc1ccc(NC(=S)NC(=O)c2cc(Br)ccc2OCC(C)C)cc1. The highest BCUT2D eigenvalue weighted by Crippen LogP contribution is 2.24. The van der Waals surface area contributed by atoms with Gasteiger partial charge in [0, 0.05) is 10.2 Å². The predicted molar refractivity (Wildman–Crippen MR) is 120 cm³/mol. The molecule has 0 aromatic heterocycles. The van der Waals surface area contributed by atoms with Crippen LogP contribution in [0.15, 0.2) is 59.6 Å². The molecule has 7 heteroatoms. The van der Waals surface area contributed by atoms with Gasteiger partial charge in [-0.2, -0.15) is 0 Å². The van der Waals surface area contributed by atoms with E-state index in [0.717, 1.165) is 15.9 Å². The lowest BCUT2D eigenvalue weighted by Gasteiger charge is -2.14.